The number of hydrogen-bond donors (Lipinski definition) is 1. The molecule has 0 heterocycles. The van der Waals surface area contributed by atoms with Crippen LogP contribution in [0, 0.1) is 20.2 Å². The van der Waals surface area contributed by atoms with Gasteiger partial charge in [0, 0.05) is 17.2 Å². The van der Waals surface area contributed by atoms with Crippen molar-refractivity contribution in [3.8, 4) is 11.5 Å². The summed E-state index contributed by atoms with van der Waals surface area (Å²) in [5.74, 6) is 1.22. The Morgan fingerprint density at radius 2 is 1.86 bits per heavy atom. The number of nitrogens with zero attached hydrogens (tertiary/aromatic N) is 3. The molecule has 0 saturated carbocycles. The second kappa shape index (κ2) is 10.0. The standard InChI is InChI=1S/C19H22N4O6/c1-4-5-6-15-13(7-10-18(28-2)19(15)29-3)12-20-21-16-9-8-14(22(24)25)11-17(16)23(26)27/h7-12,21H,4-6H2,1-3H3/b20-12+. The molecule has 2 aromatic rings. The summed E-state index contributed by atoms with van der Waals surface area (Å²) >= 11 is 0. The average Bonchev–Trinajstić information content (AvgIpc) is 2.71. The van der Waals surface area contributed by atoms with Gasteiger partial charge in [0.25, 0.3) is 5.69 Å². The molecule has 0 radical (unpaired) electrons. The highest BCUT2D eigenvalue weighted by molar-refractivity contribution is 5.84. The van der Waals surface area contributed by atoms with Crippen LogP contribution in [0.25, 0.3) is 0 Å². The van der Waals surface area contributed by atoms with Crippen molar-refractivity contribution in [2.75, 3.05) is 19.6 Å². The van der Waals surface area contributed by atoms with Gasteiger partial charge in [-0.05, 0) is 31.0 Å². The average molecular weight is 402 g/mol. The van der Waals surface area contributed by atoms with Crippen LogP contribution in [0.1, 0.15) is 30.9 Å². The van der Waals surface area contributed by atoms with Gasteiger partial charge in [0.2, 0.25) is 0 Å². The zero-order valence-corrected chi connectivity index (χ0v) is 16.4. The molecule has 0 fully saturated rings. The first kappa shape index (κ1) is 21.6. The first-order valence-electron chi connectivity index (χ1n) is 8.88. The highest BCUT2D eigenvalue weighted by atomic mass is 16.6. The summed E-state index contributed by atoms with van der Waals surface area (Å²) in [7, 11) is 3.12. The molecular weight excluding hydrogens is 380 g/mol. The first-order valence-corrected chi connectivity index (χ1v) is 8.88. The van der Waals surface area contributed by atoms with Gasteiger partial charge >= 0.3 is 5.69 Å². The minimum absolute atomic E-state index is 0.0486. The molecule has 0 bridgehead atoms. The second-order valence-corrected chi connectivity index (χ2v) is 6.06. The molecule has 0 aliphatic rings. The molecule has 2 aromatic carbocycles. The molecule has 0 saturated heterocycles. The lowest BCUT2D eigenvalue weighted by molar-refractivity contribution is -0.393. The minimum Gasteiger partial charge on any atom is -0.493 e. The van der Waals surface area contributed by atoms with Crippen molar-refractivity contribution in [2.24, 2.45) is 5.10 Å². The summed E-state index contributed by atoms with van der Waals surface area (Å²) in [4.78, 5) is 20.7. The van der Waals surface area contributed by atoms with Crippen LogP contribution in [-0.4, -0.2) is 30.3 Å². The van der Waals surface area contributed by atoms with Crippen LogP contribution in [-0.2, 0) is 6.42 Å². The molecule has 0 atom stereocenters. The monoisotopic (exact) mass is 402 g/mol. The quantitative estimate of drug-likeness (QED) is 0.356. The van der Waals surface area contributed by atoms with E-state index in [9.17, 15) is 20.2 Å². The van der Waals surface area contributed by atoms with Gasteiger partial charge in [-0.1, -0.05) is 13.3 Å². The lowest BCUT2D eigenvalue weighted by Crippen LogP contribution is -2.02. The summed E-state index contributed by atoms with van der Waals surface area (Å²) in [6.45, 7) is 2.08. The van der Waals surface area contributed by atoms with Gasteiger partial charge in [0.05, 0.1) is 36.3 Å². The van der Waals surface area contributed by atoms with E-state index in [0.29, 0.717) is 11.5 Å². The molecule has 10 heteroatoms. The SMILES string of the molecule is CCCCc1c(/C=N/Nc2ccc([N+](=O)[O-])cc2[N+](=O)[O-])ccc(OC)c1OC. The Bertz CT molecular complexity index is 929. The maximum Gasteiger partial charge on any atom is 0.301 e. The van der Waals surface area contributed by atoms with E-state index in [4.69, 9.17) is 9.47 Å². The number of nitrogens with one attached hydrogen (secondary N) is 1. The minimum atomic E-state index is -0.700. The van der Waals surface area contributed by atoms with E-state index in [1.54, 1.807) is 20.3 Å². The number of hydrazone groups is 1. The van der Waals surface area contributed by atoms with E-state index in [1.807, 2.05) is 6.07 Å². The molecule has 1 N–H and O–H groups in total. The number of rotatable bonds is 10. The van der Waals surface area contributed by atoms with Crippen molar-refractivity contribution in [3.63, 3.8) is 0 Å². The Kier molecular flexibility index (Phi) is 7.47. The van der Waals surface area contributed by atoms with Gasteiger partial charge in [-0.3, -0.25) is 25.7 Å². The molecule has 0 amide bonds. The third-order valence-corrected chi connectivity index (χ3v) is 4.24. The fourth-order valence-corrected chi connectivity index (χ4v) is 2.79. The number of non-ortho nitro benzene ring substituents is 1. The van der Waals surface area contributed by atoms with Crippen molar-refractivity contribution < 1.29 is 19.3 Å². The first-order chi connectivity index (χ1) is 13.9. The molecule has 2 rings (SSSR count). The van der Waals surface area contributed by atoms with Crippen molar-refractivity contribution in [3.05, 3.63) is 61.7 Å². The number of ether oxygens (including phenoxy) is 2. The number of benzene rings is 2. The third-order valence-electron chi connectivity index (χ3n) is 4.24. The van der Waals surface area contributed by atoms with Crippen LogP contribution in [0.3, 0.4) is 0 Å². The van der Waals surface area contributed by atoms with Gasteiger partial charge in [0.1, 0.15) is 5.69 Å². The number of methoxy groups -OCH3 is 2. The highest BCUT2D eigenvalue weighted by Crippen LogP contribution is 2.34. The van der Waals surface area contributed by atoms with Gasteiger partial charge in [-0.15, -0.1) is 0 Å². The molecule has 0 aromatic heterocycles. The molecule has 154 valence electrons. The number of anilines is 1. The smallest absolute Gasteiger partial charge is 0.301 e. The van der Waals surface area contributed by atoms with Crippen LogP contribution in [0.5, 0.6) is 11.5 Å². The van der Waals surface area contributed by atoms with Gasteiger partial charge in [0.15, 0.2) is 11.5 Å². The molecule has 0 aliphatic heterocycles. The Morgan fingerprint density at radius 3 is 2.45 bits per heavy atom. The van der Waals surface area contributed by atoms with E-state index in [2.05, 4.69) is 17.5 Å². The van der Waals surface area contributed by atoms with Crippen molar-refractivity contribution in [1.82, 2.24) is 0 Å². The molecule has 10 nitrogen and oxygen atoms in total. The fourth-order valence-electron chi connectivity index (χ4n) is 2.79. The summed E-state index contributed by atoms with van der Waals surface area (Å²) < 4.78 is 10.8. The summed E-state index contributed by atoms with van der Waals surface area (Å²) in [6.07, 6.45) is 4.20. The normalized spacial score (nSPS) is 10.7. The Morgan fingerprint density at radius 1 is 1.10 bits per heavy atom. The lowest BCUT2D eigenvalue weighted by atomic mass is 10.0. The lowest BCUT2D eigenvalue weighted by Gasteiger charge is -2.15. The molecule has 0 unspecified atom stereocenters. The summed E-state index contributed by atoms with van der Waals surface area (Å²) in [5.41, 5.74) is 3.52. The van der Waals surface area contributed by atoms with Gasteiger partial charge in [-0.25, -0.2) is 0 Å². The Hall–Kier alpha value is -3.69. The van der Waals surface area contributed by atoms with Gasteiger partial charge in [-0.2, -0.15) is 5.10 Å². The van der Waals surface area contributed by atoms with E-state index < -0.39 is 15.5 Å². The topological polar surface area (TPSA) is 129 Å². The third kappa shape index (κ3) is 5.18. The van der Waals surface area contributed by atoms with Crippen molar-refractivity contribution in [1.29, 1.82) is 0 Å². The highest BCUT2D eigenvalue weighted by Gasteiger charge is 2.19. The fraction of sp³-hybridized carbons (Fsp3) is 0.316. The zero-order valence-electron chi connectivity index (χ0n) is 16.4. The number of nitro benzene ring substituents is 2. The van der Waals surface area contributed by atoms with Crippen LogP contribution in [0.2, 0.25) is 0 Å². The number of unbranched alkanes of at least 4 members (excludes halogenated alkanes) is 1. The molecule has 0 aliphatic carbocycles. The Balaban J connectivity index is 2.35. The maximum atomic E-state index is 11.2. The maximum absolute atomic E-state index is 11.2. The summed E-state index contributed by atoms with van der Waals surface area (Å²) in [5, 5.41) is 26.1. The van der Waals surface area contributed by atoms with Crippen LogP contribution in [0.4, 0.5) is 17.1 Å². The summed E-state index contributed by atoms with van der Waals surface area (Å²) in [6, 6.07) is 6.89. The predicted molar refractivity (Wildman–Crippen MR) is 109 cm³/mol. The van der Waals surface area contributed by atoms with Crippen molar-refractivity contribution >= 4 is 23.3 Å². The van der Waals surface area contributed by atoms with Crippen LogP contribution >= 0.6 is 0 Å². The van der Waals surface area contributed by atoms with E-state index in [1.165, 1.54) is 18.3 Å². The van der Waals surface area contributed by atoms with Crippen LogP contribution in [0.15, 0.2) is 35.4 Å². The molecule has 0 spiro atoms. The van der Waals surface area contributed by atoms with Crippen molar-refractivity contribution in [2.45, 2.75) is 26.2 Å². The van der Waals surface area contributed by atoms with Crippen LogP contribution < -0.4 is 14.9 Å². The van der Waals surface area contributed by atoms with Gasteiger partial charge < -0.3 is 9.47 Å². The van der Waals surface area contributed by atoms with E-state index in [-0.39, 0.29) is 11.4 Å². The predicted octanol–water partition coefficient (Wildman–Crippen LogP) is 4.31. The zero-order chi connectivity index (χ0) is 21.4. The molecule has 29 heavy (non-hydrogen) atoms. The van der Waals surface area contributed by atoms with E-state index in [0.717, 1.165) is 36.5 Å². The van der Waals surface area contributed by atoms with E-state index >= 15 is 0 Å². The Labute approximate surface area is 167 Å². The largest absolute Gasteiger partial charge is 0.493 e. The number of nitro groups is 2. The molecular formula is C19H22N4O6. The second-order valence-electron chi connectivity index (χ2n) is 6.06. The number of hydrogen-bond acceptors (Lipinski definition) is 8.